The van der Waals surface area contributed by atoms with Crippen LogP contribution in [0.2, 0.25) is 0 Å². The minimum Gasteiger partial charge on any atom is -0.455 e. The molecule has 1 N–H and O–H groups in total. The molecule has 0 unspecified atom stereocenters. The lowest BCUT2D eigenvalue weighted by molar-refractivity contribution is -0.146. The second-order valence-electron chi connectivity index (χ2n) is 6.43. The van der Waals surface area contributed by atoms with E-state index >= 15 is 0 Å². The quantitative estimate of drug-likeness (QED) is 0.602. The fraction of sp³-hybridized carbons (Fsp3) is 0.182. The lowest BCUT2D eigenvalue weighted by Crippen LogP contribution is -2.21. The van der Waals surface area contributed by atoms with Gasteiger partial charge in [-0.1, -0.05) is 42.0 Å². The number of nitriles is 1. The molecule has 3 rings (SSSR count). The zero-order valence-electron chi connectivity index (χ0n) is 15.8. The second kappa shape index (κ2) is 9.62. The molecular weight excluding hydrogens is 386 g/mol. The number of amides is 1. The van der Waals surface area contributed by atoms with Crippen LogP contribution in [-0.2, 0) is 27.2 Å². The Morgan fingerprint density at radius 2 is 1.86 bits per heavy atom. The van der Waals surface area contributed by atoms with Crippen molar-refractivity contribution in [2.45, 2.75) is 19.8 Å². The van der Waals surface area contributed by atoms with Crippen molar-refractivity contribution in [2.24, 2.45) is 0 Å². The molecular formula is C22H19N3O3S. The van der Waals surface area contributed by atoms with Crippen LogP contribution in [0.5, 0.6) is 0 Å². The predicted molar refractivity (Wildman–Crippen MR) is 111 cm³/mol. The highest BCUT2D eigenvalue weighted by molar-refractivity contribution is 7.13. The van der Waals surface area contributed by atoms with E-state index in [-0.39, 0.29) is 13.0 Å². The van der Waals surface area contributed by atoms with Gasteiger partial charge in [-0.15, -0.1) is 11.3 Å². The fourth-order valence-electron chi connectivity index (χ4n) is 2.56. The zero-order chi connectivity index (χ0) is 20.6. The first-order valence-electron chi connectivity index (χ1n) is 8.96. The molecule has 0 radical (unpaired) electrons. The summed E-state index contributed by atoms with van der Waals surface area (Å²) in [5, 5.41) is 14.0. The zero-order valence-corrected chi connectivity index (χ0v) is 16.7. The number of nitrogens with zero attached hydrogens (tertiary/aromatic N) is 2. The number of benzene rings is 2. The number of rotatable bonds is 7. The summed E-state index contributed by atoms with van der Waals surface area (Å²) in [5.74, 6) is -0.935. The first-order valence-corrected chi connectivity index (χ1v) is 9.84. The average Bonchev–Trinajstić information content (AvgIpc) is 3.17. The number of thiazole rings is 1. The lowest BCUT2D eigenvalue weighted by atomic mass is 10.1. The number of carbonyl (C=O) groups excluding carboxylic acids is 2. The van der Waals surface area contributed by atoms with Gasteiger partial charge < -0.3 is 10.1 Å². The van der Waals surface area contributed by atoms with E-state index in [1.54, 1.807) is 24.3 Å². The molecule has 146 valence electrons. The molecule has 1 aromatic heterocycles. The summed E-state index contributed by atoms with van der Waals surface area (Å²) in [6.07, 6.45) is 0.326. The molecule has 3 aromatic rings. The Balaban J connectivity index is 1.46. The Kier molecular flexibility index (Phi) is 6.72. The summed E-state index contributed by atoms with van der Waals surface area (Å²) in [4.78, 5) is 28.4. The molecule has 2 aromatic carbocycles. The molecule has 0 atom stereocenters. The van der Waals surface area contributed by atoms with Crippen LogP contribution < -0.4 is 5.32 Å². The number of hydrogen-bond acceptors (Lipinski definition) is 6. The Labute approximate surface area is 172 Å². The molecule has 0 aliphatic rings. The van der Waals surface area contributed by atoms with E-state index in [1.165, 1.54) is 16.9 Å². The largest absolute Gasteiger partial charge is 0.455 e. The fourth-order valence-corrected chi connectivity index (χ4v) is 3.38. The second-order valence-corrected chi connectivity index (χ2v) is 7.29. The Morgan fingerprint density at radius 3 is 2.55 bits per heavy atom. The minimum atomic E-state index is -0.509. The van der Waals surface area contributed by atoms with Gasteiger partial charge in [0.05, 0.1) is 24.6 Å². The highest BCUT2D eigenvalue weighted by atomic mass is 32.1. The molecule has 0 saturated heterocycles. The number of aryl methyl sites for hydroxylation is 1. The van der Waals surface area contributed by atoms with Gasteiger partial charge >= 0.3 is 5.97 Å². The minimum absolute atomic E-state index is 0.0124. The molecule has 6 nitrogen and oxygen atoms in total. The maximum atomic E-state index is 12.0. The van der Waals surface area contributed by atoms with Crippen molar-refractivity contribution in [3.8, 4) is 16.6 Å². The maximum absolute atomic E-state index is 12.0. The van der Waals surface area contributed by atoms with Crippen LogP contribution in [0.25, 0.3) is 10.6 Å². The Bertz CT molecular complexity index is 1030. The summed E-state index contributed by atoms with van der Waals surface area (Å²) in [5.41, 5.74) is 4.23. The first kappa shape index (κ1) is 20.2. The van der Waals surface area contributed by atoms with Gasteiger partial charge in [-0.25, -0.2) is 4.98 Å². The number of carbonyl (C=O) groups is 2. The molecule has 1 amide bonds. The van der Waals surface area contributed by atoms with Gasteiger partial charge in [-0.05, 0) is 24.6 Å². The lowest BCUT2D eigenvalue weighted by Gasteiger charge is -2.06. The molecule has 0 fully saturated rings. The molecule has 0 bridgehead atoms. The number of ether oxygens (including phenoxy) is 1. The van der Waals surface area contributed by atoms with Gasteiger partial charge in [0.1, 0.15) is 5.01 Å². The molecule has 29 heavy (non-hydrogen) atoms. The normalized spacial score (nSPS) is 10.2. The molecule has 7 heteroatoms. The van der Waals surface area contributed by atoms with E-state index in [2.05, 4.69) is 16.4 Å². The number of hydrogen-bond donors (Lipinski definition) is 1. The van der Waals surface area contributed by atoms with Gasteiger partial charge in [-0.2, -0.15) is 5.26 Å². The molecule has 0 spiro atoms. The third-order valence-electron chi connectivity index (χ3n) is 4.06. The summed E-state index contributed by atoms with van der Waals surface area (Å²) in [6.45, 7) is 1.65. The summed E-state index contributed by atoms with van der Waals surface area (Å²) >= 11 is 1.46. The SMILES string of the molecule is Cc1ccc(-c2nc(CC(=O)OCC(=O)Nc3ccc(CC#N)cc3)cs2)cc1. The van der Waals surface area contributed by atoms with Gasteiger partial charge in [-0.3, -0.25) is 9.59 Å². The predicted octanol–water partition coefficient (Wildman–Crippen LogP) is 3.91. The first-order chi connectivity index (χ1) is 14.0. The number of esters is 1. The van der Waals surface area contributed by atoms with Crippen LogP contribution in [0.15, 0.2) is 53.9 Å². The van der Waals surface area contributed by atoms with E-state index in [0.717, 1.165) is 16.1 Å². The summed E-state index contributed by atoms with van der Waals surface area (Å²) in [7, 11) is 0. The van der Waals surface area contributed by atoms with Crippen molar-refractivity contribution in [1.82, 2.24) is 4.98 Å². The number of anilines is 1. The van der Waals surface area contributed by atoms with Crippen molar-refractivity contribution < 1.29 is 14.3 Å². The highest BCUT2D eigenvalue weighted by Gasteiger charge is 2.12. The van der Waals surface area contributed by atoms with Crippen molar-refractivity contribution >= 4 is 28.9 Å². The number of aromatic nitrogens is 1. The van der Waals surface area contributed by atoms with Gasteiger partial charge in [0.25, 0.3) is 5.91 Å². The van der Waals surface area contributed by atoms with Crippen molar-refractivity contribution in [2.75, 3.05) is 11.9 Å². The highest BCUT2D eigenvalue weighted by Crippen LogP contribution is 2.24. The molecule has 0 aliphatic carbocycles. The monoisotopic (exact) mass is 405 g/mol. The van der Waals surface area contributed by atoms with Gasteiger partial charge in [0.2, 0.25) is 0 Å². The van der Waals surface area contributed by atoms with E-state index in [0.29, 0.717) is 17.8 Å². The van der Waals surface area contributed by atoms with E-state index in [9.17, 15) is 9.59 Å². The molecule has 1 heterocycles. The van der Waals surface area contributed by atoms with Crippen LogP contribution in [-0.4, -0.2) is 23.5 Å². The van der Waals surface area contributed by atoms with Crippen molar-refractivity contribution in [1.29, 1.82) is 5.26 Å². The van der Waals surface area contributed by atoms with Crippen LogP contribution in [0.4, 0.5) is 5.69 Å². The van der Waals surface area contributed by atoms with E-state index < -0.39 is 11.9 Å². The summed E-state index contributed by atoms with van der Waals surface area (Å²) in [6, 6.07) is 17.0. The van der Waals surface area contributed by atoms with Crippen molar-refractivity contribution in [3.05, 3.63) is 70.7 Å². The van der Waals surface area contributed by atoms with Crippen molar-refractivity contribution in [3.63, 3.8) is 0 Å². The Morgan fingerprint density at radius 1 is 1.14 bits per heavy atom. The van der Waals surface area contributed by atoms with Crippen LogP contribution in [0, 0.1) is 18.3 Å². The third-order valence-corrected chi connectivity index (χ3v) is 5.00. The Hall–Kier alpha value is -3.50. The van der Waals surface area contributed by atoms with E-state index in [4.69, 9.17) is 10.00 Å². The smallest absolute Gasteiger partial charge is 0.312 e. The maximum Gasteiger partial charge on any atom is 0.312 e. The third kappa shape index (κ3) is 5.99. The topological polar surface area (TPSA) is 92.1 Å². The van der Waals surface area contributed by atoms with Crippen LogP contribution in [0.3, 0.4) is 0 Å². The van der Waals surface area contributed by atoms with Crippen LogP contribution >= 0.6 is 11.3 Å². The molecule has 0 aliphatic heterocycles. The standard InChI is InChI=1S/C22H19N3O3S/c1-15-2-6-17(7-3-15)22-25-19(14-29-22)12-21(27)28-13-20(26)24-18-8-4-16(5-9-18)10-11-23/h2-9,14H,10,12-13H2,1H3,(H,24,26). The average molecular weight is 405 g/mol. The van der Waals surface area contributed by atoms with Gasteiger partial charge in [0.15, 0.2) is 6.61 Å². The molecule has 0 saturated carbocycles. The van der Waals surface area contributed by atoms with Crippen LogP contribution in [0.1, 0.15) is 16.8 Å². The van der Waals surface area contributed by atoms with E-state index in [1.807, 2.05) is 36.6 Å². The summed E-state index contributed by atoms with van der Waals surface area (Å²) < 4.78 is 5.04. The van der Waals surface area contributed by atoms with Gasteiger partial charge in [0, 0.05) is 16.6 Å². The number of nitrogens with one attached hydrogen (secondary N) is 1.